The zero-order chi connectivity index (χ0) is 15.7. The van der Waals surface area contributed by atoms with Gasteiger partial charge in [-0.15, -0.1) is 0 Å². The first kappa shape index (κ1) is 16.4. The molecule has 6 heteroatoms. The summed E-state index contributed by atoms with van der Waals surface area (Å²) in [4.78, 5) is 34.1. The molecule has 0 heterocycles. The Hall–Kier alpha value is -2.63. The fourth-order valence-electron chi connectivity index (χ4n) is 1.54. The number of esters is 1. The van der Waals surface area contributed by atoms with Gasteiger partial charge >= 0.3 is 11.9 Å². The number of carboxylic acids is 1. The van der Waals surface area contributed by atoms with Crippen molar-refractivity contribution in [1.82, 2.24) is 5.32 Å². The Morgan fingerprint density at radius 1 is 1.29 bits per heavy atom. The molecule has 0 radical (unpaired) electrons. The van der Waals surface area contributed by atoms with Crippen LogP contribution >= 0.6 is 0 Å². The number of hydrogen-bond donors (Lipinski definition) is 2. The summed E-state index contributed by atoms with van der Waals surface area (Å²) in [6, 6.07) is 7.19. The van der Waals surface area contributed by atoms with Crippen LogP contribution in [-0.4, -0.2) is 35.6 Å². The predicted molar refractivity (Wildman–Crippen MR) is 75.7 cm³/mol. The normalized spacial score (nSPS) is 11.9. The molecule has 21 heavy (non-hydrogen) atoms. The zero-order valence-corrected chi connectivity index (χ0v) is 11.6. The largest absolute Gasteiger partial charge is 0.480 e. The minimum atomic E-state index is -1.17. The Balaban J connectivity index is 2.60. The van der Waals surface area contributed by atoms with E-state index in [2.05, 4.69) is 10.1 Å². The van der Waals surface area contributed by atoms with Crippen molar-refractivity contribution in [3.8, 4) is 0 Å². The van der Waals surface area contributed by atoms with Crippen LogP contribution in [-0.2, 0) is 14.3 Å². The van der Waals surface area contributed by atoms with E-state index in [1.165, 1.54) is 6.08 Å². The lowest BCUT2D eigenvalue weighted by atomic mass is 10.1. The molecule has 0 unspecified atom stereocenters. The van der Waals surface area contributed by atoms with Crippen molar-refractivity contribution in [3.05, 3.63) is 48.0 Å². The molecule has 2 N–H and O–H groups in total. The Labute approximate surface area is 122 Å². The van der Waals surface area contributed by atoms with Crippen molar-refractivity contribution in [3.63, 3.8) is 0 Å². The van der Waals surface area contributed by atoms with Gasteiger partial charge in [0.2, 0.25) is 0 Å². The third-order valence-electron chi connectivity index (χ3n) is 2.55. The van der Waals surface area contributed by atoms with Crippen molar-refractivity contribution >= 4 is 17.8 Å². The standard InChI is InChI=1S/C15H17NO5/c1-2-21-13(17)10-6-9-12(15(19)20)16-14(18)11-7-4-3-5-8-11/h3-8,10,12H,2,9H2,1H3,(H,16,18)(H,19,20)/b10-6+/t12-/m0/s1. The molecule has 112 valence electrons. The molecule has 6 nitrogen and oxygen atoms in total. The third-order valence-corrected chi connectivity index (χ3v) is 2.55. The third kappa shape index (κ3) is 5.90. The lowest BCUT2D eigenvalue weighted by Crippen LogP contribution is -2.40. The van der Waals surface area contributed by atoms with Crippen LogP contribution in [0.25, 0.3) is 0 Å². The van der Waals surface area contributed by atoms with Gasteiger partial charge in [-0.2, -0.15) is 0 Å². The predicted octanol–water partition coefficient (Wildman–Crippen LogP) is 1.38. The number of amides is 1. The summed E-state index contributed by atoms with van der Waals surface area (Å²) in [5.41, 5.74) is 0.373. The monoisotopic (exact) mass is 291 g/mol. The molecule has 0 fully saturated rings. The first-order valence-electron chi connectivity index (χ1n) is 6.46. The summed E-state index contributed by atoms with van der Waals surface area (Å²) in [7, 11) is 0. The van der Waals surface area contributed by atoms with Gasteiger partial charge in [0.25, 0.3) is 5.91 Å². The minimum Gasteiger partial charge on any atom is -0.480 e. The molecule has 0 aliphatic carbocycles. The quantitative estimate of drug-likeness (QED) is 0.585. The van der Waals surface area contributed by atoms with Gasteiger partial charge in [-0.25, -0.2) is 9.59 Å². The van der Waals surface area contributed by atoms with Crippen LogP contribution in [0.4, 0.5) is 0 Å². The Morgan fingerprint density at radius 3 is 2.52 bits per heavy atom. The van der Waals surface area contributed by atoms with Crippen LogP contribution in [0.1, 0.15) is 23.7 Å². The molecule has 0 saturated heterocycles. The molecular weight excluding hydrogens is 274 g/mol. The fourth-order valence-corrected chi connectivity index (χ4v) is 1.54. The van der Waals surface area contributed by atoms with Crippen LogP contribution in [0, 0.1) is 0 Å². The highest BCUT2D eigenvalue weighted by Gasteiger charge is 2.19. The van der Waals surface area contributed by atoms with E-state index in [0.717, 1.165) is 6.08 Å². The van der Waals surface area contributed by atoms with Gasteiger partial charge < -0.3 is 15.2 Å². The number of carbonyl (C=O) groups is 3. The van der Waals surface area contributed by atoms with Gasteiger partial charge in [-0.3, -0.25) is 4.79 Å². The SMILES string of the molecule is CCOC(=O)/C=C/C[C@H](NC(=O)c1ccccc1)C(=O)O. The fraction of sp³-hybridized carbons (Fsp3) is 0.267. The highest BCUT2D eigenvalue weighted by molar-refractivity contribution is 5.96. The van der Waals surface area contributed by atoms with Crippen molar-refractivity contribution in [2.24, 2.45) is 0 Å². The summed E-state index contributed by atoms with van der Waals surface area (Å²) < 4.78 is 4.67. The summed E-state index contributed by atoms with van der Waals surface area (Å²) in [6.07, 6.45) is 2.50. The number of ether oxygens (including phenoxy) is 1. The zero-order valence-electron chi connectivity index (χ0n) is 11.6. The van der Waals surface area contributed by atoms with Gasteiger partial charge in [0, 0.05) is 11.6 Å². The topological polar surface area (TPSA) is 92.7 Å². The van der Waals surface area contributed by atoms with E-state index in [1.54, 1.807) is 37.3 Å². The van der Waals surface area contributed by atoms with Crippen LogP contribution in [0.15, 0.2) is 42.5 Å². The molecule has 0 aliphatic rings. The van der Waals surface area contributed by atoms with Crippen LogP contribution in [0.2, 0.25) is 0 Å². The van der Waals surface area contributed by atoms with E-state index in [4.69, 9.17) is 5.11 Å². The maximum absolute atomic E-state index is 11.9. The minimum absolute atomic E-state index is 0.00722. The highest BCUT2D eigenvalue weighted by atomic mass is 16.5. The van der Waals surface area contributed by atoms with Gasteiger partial charge in [0.1, 0.15) is 6.04 Å². The Bertz CT molecular complexity index is 524. The van der Waals surface area contributed by atoms with E-state index in [9.17, 15) is 14.4 Å². The van der Waals surface area contributed by atoms with E-state index < -0.39 is 23.9 Å². The van der Waals surface area contributed by atoms with Crippen molar-refractivity contribution in [2.45, 2.75) is 19.4 Å². The molecular formula is C15H17NO5. The van der Waals surface area contributed by atoms with E-state index in [-0.39, 0.29) is 13.0 Å². The number of benzene rings is 1. The maximum atomic E-state index is 11.9. The average Bonchev–Trinajstić information content (AvgIpc) is 2.47. The van der Waals surface area contributed by atoms with Crippen molar-refractivity contribution < 1.29 is 24.2 Å². The van der Waals surface area contributed by atoms with Crippen LogP contribution < -0.4 is 5.32 Å². The Kier molecular flexibility index (Phi) is 6.67. The lowest BCUT2D eigenvalue weighted by molar-refractivity contribution is -0.139. The first-order valence-corrected chi connectivity index (χ1v) is 6.46. The number of carbonyl (C=O) groups excluding carboxylic acids is 2. The van der Waals surface area contributed by atoms with E-state index >= 15 is 0 Å². The summed E-state index contributed by atoms with van der Waals surface area (Å²) >= 11 is 0. The second kappa shape index (κ2) is 8.52. The van der Waals surface area contributed by atoms with Gasteiger partial charge in [0.15, 0.2) is 0 Å². The molecule has 1 aromatic rings. The number of hydrogen-bond acceptors (Lipinski definition) is 4. The lowest BCUT2D eigenvalue weighted by Gasteiger charge is -2.12. The average molecular weight is 291 g/mol. The Morgan fingerprint density at radius 2 is 1.95 bits per heavy atom. The molecule has 1 amide bonds. The summed E-state index contributed by atoms with van der Waals surface area (Å²) in [6.45, 7) is 1.92. The van der Waals surface area contributed by atoms with Crippen molar-refractivity contribution in [1.29, 1.82) is 0 Å². The van der Waals surface area contributed by atoms with Crippen LogP contribution in [0.3, 0.4) is 0 Å². The molecule has 1 atom stereocenters. The number of aliphatic carboxylic acids is 1. The summed E-state index contributed by atoms with van der Waals surface area (Å²) in [5, 5.41) is 11.5. The van der Waals surface area contributed by atoms with E-state index in [1.807, 2.05) is 0 Å². The molecule has 1 aromatic carbocycles. The van der Waals surface area contributed by atoms with E-state index in [0.29, 0.717) is 5.56 Å². The maximum Gasteiger partial charge on any atom is 0.330 e. The molecule has 1 rings (SSSR count). The van der Waals surface area contributed by atoms with Crippen molar-refractivity contribution in [2.75, 3.05) is 6.61 Å². The second-order valence-electron chi connectivity index (χ2n) is 4.12. The van der Waals surface area contributed by atoms with Gasteiger partial charge in [-0.05, 0) is 25.5 Å². The number of rotatable bonds is 7. The van der Waals surface area contributed by atoms with Gasteiger partial charge in [0.05, 0.1) is 6.61 Å². The molecule has 0 spiro atoms. The first-order chi connectivity index (χ1) is 10.0. The highest BCUT2D eigenvalue weighted by Crippen LogP contribution is 2.01. The molecule has 0 aromatic heterocycles. The van der Waals surface area contributed by atoms with Gasteiger partial charge in [-0.1, -0.05) is 24.3 Å². The van der Waals surface area contributed by atoms with Crippen LogP contribution in [0.5, 0.6) is 0 Å². The molecule has 0 saturated carbocycles. The smallest absolute Gasteiger partial charge is 0.330 e. The number of nitrogens with one attached hydrogen (secondary N) is 1. The molecule has 0 bridgehead atoms. The summed E-state index contributed by atoms with van der Waals surface area (Å²) in [5.74, 6) is -2.20. The molecule has 0 aliphatic heterocycles. The number of carboxylic acid groups (broad SMARTS) is 1. The second-order valence-corrected chi connectivity index (χ2v) is 4.12.